The quantitative estimate of drug-likeness (QED) is 0.248. The Kier molecular flexibility index (Phi) is 7.53. The molecule has 1 saturated heterocycles. The molecule has 2 saturated carbocycles. The van der Waals surface area contributed by atoms with Gasteiger partial charge in [-0.05, 0) is 84.7 Å². The van der Waals surface area contributed by atoms with Crippen molar-refractivity contribution in [3.63, 3.8) is 0 Å². The molecule has 2 aromatic carbocycles. The number of ether oxygens (including phenoxy) is 1. The molecule has 9 rings (SSSR count). The molecule has 2 bridgehead atoms. The summed E-state index contributed by atoms with van der Waals surface area (Å²) in [6.07, 6.45) is 14.4. The number of allylic oxidation sites excluding steroid dienone is 1. The summed E-state index contributed by atoms with van der Waals surface area (Å²) in [5.74, 6) is 0.781. The molecular weight excluding hydrogens is 649 g/mol. The van der Waals surface area contributed by atoms with Crippen LogP contribution in [0.25, 0.3) is 33.8 Å². The van der Waals surface area contributed by atoms with Crippen LogP contribution in [0.2, 0.25) is 0 Å². The summed E-state index contributed by atoms with van der Waals surface area (Å²) in [5.41, 5.74) is 9.51. The van der Waals surface area contributed by atoms with Gasteiger partial charge in [0.05, 0.1) is 48.1 Å². The number of hydrogen-bond acceptors (Lipinski definition) is 6. The third-order valence-corrected chi connectivity index (χ3v) is 12.8. The molecule has 10 nitrogen and oxygen atoms in total. The van der Waals surface area contributed by atoms with Gasteiger partial charge in [0.15, 0.2) is 0 Å². The van der Waals surface area contributed by atoms with Crippen LogP contribution in [0.1, 0.15) is 94.8 Å². The number of aryl methyl sites for hydroxylation is 1. The van der Waals surface area contributed by atoms with Crippen molar-refractivity contribution in [1.29, 1.82) is 0 Å². The molecule has 11 heteroatoms. The summed E-state index contributed by atoms with van der Waals surface area (Å²) in [7, 11) is 4.28. The number of nitrogens with zero attached hydrogens (tertiary/aromatic N) is 5. The SMILES string of the molecule is COc1ccc2c(c1)C=C(c1c(C(=O)N3C=C4CC3CN4C)cnn1C)Cn1c-2c(C2CCCCC2)c2ccc(C(=O)NS(=O)C3CC3)cc21. The summed E-state index contributed by atoms with van der Waals surface area (Å²) in [4.78, 5) is 31.8. The number of methoxy groups -OCH3 is 1. The van der Waals surface area contributed by atoms with Crippen molar-refractivity contribution in [2.45, 2.75) is 75.1 Å². The fourth-order valence-corrected chi connectivity index (χ4v) is 9.71. The van der Waals surface area contributed by atoms with Gasteiger partial charge in [0, 0.05) is 61.0 Å². The molecule has 3 aliphatic heterocycles. The van der Waals surface area contributed by atoms with Crippen molar-refractivity contribution < 1.29 is 18.5 Å². The number of benzene rings is 2. The Morgan fingerprint density at radius 2 is 1.82 bits per heavy atom. The second-order valence-corrected chi connectivity index (χ2v) is 16.0. The highest BCUT2D eigenvalue weighted by Gasteiger charge is 2.39. The Balaban J connectivity index is 1.22. The molecule has 3 fully saturated rings. The number of carbonyl (C=O) groups excluding carboxylic acids is 2. The van der Waals surface area contributed by atoms with Crippen LogP contribution < -0.4 is 9.46 Å². The zero-order chi connectivity index (χ0) is 34.3. The third kappa shape index (κ3) is 5.11. The molecule has 2 aliphatic carbocycles. The van der Waals surface area contributed by atoms with Gasteiger partial charge < -0.3 is 19.1 Å². The first-order valence-electron chi connectivity index (χ1n) is 17.8. The second-order valence-electron chi connectivity index (χ2n) is 14.6. The van der Waals surface area contributed by atoms with Crippen LogP contribution in [-0.2, 0) is 24.6 Å². The fraction of sp³-hybridized carbons (Fsp3) is 0.410. The van der Waals surface area contributed by atoms with E-state index in [1.165, 1.54) is 30.5 Å². The highest BCUT2D eigenvalue weighted by Crippen LogP contribution is 2.48. The number of rotatable bonds is 7. The molecule has 258 valence electrons. The van der Waals surface area contributed by atoms with E-state index < -0.39 is 11.0 Å². The number of likely N-dealkylation sites (N-methyl/N-ethyl adjacent to an activating group) is 1. The van der Waals surface area contributed by atoms with E-state index in [1.807, 2.05) is 41.0 Å². The molecule has 2 aromatic heterocycles. The maximum absolute atomic E-state index is 14.3. The lowest BCUT2D eigenvalue weighted by Gasteiger charge is -2.27. The van der Waals surface area contributed by atoms with Crippen LogP contribution >= 0.6 is 0 Å². The van der Waals surface area contributed by atoms with Crippen molar-refractivity contribution in [2.24, 2.45) is 7.05 Å². The van der Waals surface area contributed by atoms with Crippen LogP contribution in [0, 0.1) is 0 Å². The number of likely N-dealkylation sites (tertiary alicyclic amines) is 1. The molecule has 0 spiro atoms. The zero-order valence-corrected chi connectivity index (χ0v) is 29.6. The standard InChI is InChI=1S/C39H42N6O4S/c1-42-21-28-18-27(42)22-44(28)39(47)33-19-40-43(2)36(33)26-15-25-16-29(49-3)10-14-31(25)37-35(23-7-5-4-6-8-23)32-13-9-24(17-34(32)45(37)20-26)38(46)41-50(48)30-11-12-30/h9-10,13-17,19,22-23,28,30H,4-8,11-12,18,20-21H2,1-3H3,(H,41,46). The van der Waals surface area contributed by atoms with Crippen LogP contribution in [0.15, 0.2) is 54.5 Å². The minimum Gasteiger partial charge on any atom is -0.497 e. The van der Waals surface area contributed by atoms with Crippen LogP contribution in [0.5, 0.6) is 5.75 Å². The Hall–Kier alpha value is -4.64. The van der Waals surface area contributed by atoms with Gasteiger partial charge >= 0.3 is 0 Å². The van der Waals surface area contributed by atoms with Gasteiger partial charge in [0.1, 0.15) is 16.7 Å². The van der Waals surface area contributed by atoms with Crippen molar-refractivity contribution in [2.75, 3.05) is 20.7 Å². The summed E-state index contributed by atoms with van der Waals surface area (Å²) in [6, 6.07) is 12.3. The van der Waals surface area contributed by atoms with Crippen molar-refractivity contribution >= 4 is 45.4 Å². The average molecular weight is 691 g/mol. The van der Waals surface area contributed by atoms with E-state index >= 15 is 0 Å². The minimum atomic E-state index is -1.38. The molecule has 0 radical (unpaired) electrons. The van der Waals surface area contributed by atoms with Gasteiger partial charge in [0.25, 0.3) is 11.8 Å². The fourth-order valence-electron chi connectivity index (χ4n) is 8.68. The van der Waals surface area contributed by atoms with E-state index in [0.717, 1.165) is 83.4 Å². The van der Waals surface area contributed by atoms with E-state index in [0.29, 0.717) is 23.6 Å². The van der Waals surface area contributed by atoms with E-state index in [2.05, 4.69) is 50.6 Å². The molecule has 2 atom stereocenters. The van der Waals surface area contributed by atoms with Crippen LogP contribution in [-0.4, -0.2) is 72.2 Å². The molecule has 4 aromatic rings. The molecule has 5 aliphatic rings. The normalized spacial score (nSPS) is 20.7. The van der Waals surface area contributed by atoms with Gasteiger partial charge in [-0.25, -0.2) is 4.21 Å². The van der Waals surface area contributed by atoms with Crippen LogP contribution in [0.4, 0.5) is 0 Å². The summed E-state index contributed by atoms with van der Waals surface area (Å²) in [5, 5.41) is 5.83. The van der Waals surface area contributed by atoms with Crippen molar-refractivity contribution in [1.82, 2.24) is 28.9 Å². The lowest BCUT2D eigenvalue weighted by atomic mass is 9.81. The predicted molar refractivity (Wildman–Crippen MR) is 195 cm³/mol. The van der Waals surface area contributed by atoms with Gasteiger partial charge in [-0.1, -0.05) is 25.3 Å². The average Bonchev–Trinajstić information content (AvgIpc) is 3.57. The molecule has 2 unspecified atom stereocenters. The second kappa shape index (κ2) is 12.0. The molecule has 5 heterocycles. The topological polar surface area (TPSA) is 102 Å². The number of fused-ring (bicyclic) bond motifs is 7. The minimum absolute atomic E-state index is 0.0414. The Labute approximate surface area is 294 Å². The van der Waals surface area contributed by atoms with E-state index in [-0.39, 0.29) is 23.1 Å². The van der Waals surface area contributed by atoms with Crippen molar-refractivity contribution in [3.05, 3.63) is 82.4 Å². The van der Waals surface area contributed by atoms with E-state index in [1.54, 1.807) is 13.3 Å². The first-order valence-corrected chi connectivity index (χ1v) is 19.0. The van der Waals surface area contributed by atoms with E-state index in [4.69, 9.17) is 4.74 Å². The van der Waals surface area contributed by atoms with E-state index in [9.17, 15) is 13.8 Å². The molecule has 1 N–H and O–H groups in total. The molecule has 2 amide bonds. The monoisotopic (exact) mass is 690 g/mol. The van der Waals surface area contributed by atoms with Crippen LogP contribution in [0.3, 0.4) is 0 Å². The van der Waals surface area contributed by atoms with Gasteiger partial charge in [-0.2, -0.15) is 5.10 Å². The number of carbonyl (C=O) groups is 2. The summed E-state index contributed by atoms with van der Waals surface area (Å²) >= 11 is 0. The maximum atomic E-state index is 14.3. The molecule has 50 heavy (non-hydrogen) atoms. The number of amides is 2. The lowest BCUT2D eigenvalue weighted by molar-refractivity contribution is 0.0771. The lowest BCUT2D eigenvalue weighted by Crippen LogP contribution is -2.39. The summed E-state index contributed by atoms with van der Waals surface area (Å²) < 4.78 is 25.3. The smallest absolute Gasteiger partial charge is 0.263 e. The zero-order valence-electron chi connectivity index (χ0n) is 28.8. The maximum Gasteiger partial charge on any atom is 0.263 e. The highest BCUT2D eigenvalue weighted by molar-refractivity contribution is 7.84. The predicted octanol–water partition coefficient (Wildman–Crippen LogP) is 6.21. The first-order chi connectivity index (χ1) is 24.3. The van der Waals surface area contributed by atoms with Gasteiger partial charge in [-0.15, -0.1) is 0 Å². The largest absolute Gasteiger partial charge is 0.497 e. The Morgan fingerprint density at radius 1 is 1.00 bits per heavy atom. The third-order valence-electron chi connectivity index (χ3n) is 11.4. The highest BCUT2D eigenvalue weighted by atomic mass is 32.2. The summed E-state index contributed by atoms with van der Waals surface area (Å²) in [6.45, 7) is 1.30. The number of hydrogen-bond donors (Lipinski definition) is 1. The first kappa shape index (κ1) is 31.3. The Morgan fingerprint density at radius 3 is 2.54 bits per heavy atom. The molecular formula is C39H42N6O4S. The Bertz CT molecular complexity index is 2170. The van der Waals surface area contributed by atoms with Gasteiger partial charge in [-0.3, -0.25) is 19.0 Å². The number of nitrogens with one attached hydrogen (secondary N) is 1. The van der Waals surface area contributed by atoms with Crippen molar-refractivity contribution in [3.8, 4) is 17.0 Å². The van der Waals surface area contributed by atoms with Gasteiger partial charge in [0.2, 0.25) is 0 Å². The number of aromatic nitrogens is 3.